The van der Waals surface area contributed by atoms with E-state index in [-0.39, 0.29) is 23.0 Å². The summed E-state index contributed by atoms with van der Waals surface area (Å²) in [6.07, 6.45) is 3.07. The molecule has 2 aromatic carbocycles. The van der Waals surface area contributed by atoms with E-state index in [1.54, 1.807) is 12.1 Å². The maximum absolute atomic E-state index is 13.6. The summed E-state index contributed by atoms with van der Waals surface area (Å²) in [5, 5.41) is 5.35. The van der Waals surface area contributed by atoms with Crippen LogP contribution in [-0.4, -0.2) is 22.4 Å². The molecular formula is C19H15F3N4O. The van der Waals surface area contributed by atoms with Crippen LogP contribution in [0.1, 0.15) is 16.1 Å². The molecule has 0 aliphatic heterocycles. The first-order chi connectivity index (χ1) is 13.0. The topological polar surface area (TPSA) is 66.9 Å². The van der Waals surface area contributed by atoms with Gasteiger partial charge in [-0.25, -0.2) is 23.1 Å². The molecule has 0 aliphatic rings. The Labute approximate surface area is 153 Å². The zero-order valence-corrected chi connectivity index (χ0v) is 14.0. The first kappa shape index (κ1) is 18.4. The van der Waals surface area contributed by atoms with Gasteiger partial charge in [0.25, 0.3) is 5.91 Å². The molecule has 3 aromatic rings. The van der Waals surface area contributed by atoms with Gasteiger partial charge in [0.2, 0.25) is 0 Å². The molecule has 0 unspecified atom stereocenters. The van der Waals surface area contributed by atoms with Crippen molar-refractivity contribution in [1.29, 1.82) is 0 Å². The predicted octanol–water partition coefficient (Wildman–Crippen LogP) is 3.61. The Morgan fingerprint density at radius 2 is 1.67 bits per heavy atom. The van der Waals surface area contributed by atoms with Crippen molar-refractivity contribution in [2.45, 2.75) is 6.42 Å². The second-order valence-electron chi connectivity index (χ2n) is 5.67. The quantitative estimate of drug-likeness (QED) is 0.694. The van der Waals surface area contributed by atoms with E-state index in [1.807, 2.05) is 0 Å². The van der Waals surface area contributed by atoms with E-state index in [9.17, 15) is 18.0 Å². The molecule has 27 heavy (non-hydrogen) atoms. The number of anilines is 2. The number of carbonyl (C=O) groups is 1. The zero-order chi connectivity index (χ0) is 19.2. The van der Waals surface area contributed by atoms with Crippen LogP contribution < -0.4 is 10.6 Å². The van der Waals surface area contributed by atoms with E-state index in [1.165, 1.54) is 30.6 Å². The molecule has 1 amide bonds. The standard InChI is InChI=1S/C19H15F3N4O/c20-13-3-1-12(2-4-13)7-8-23-19(27)17-10-25-18(11-24-17)26-16-6-5-14(21)9-15(16)22/h1-6,9-11H,7-8H2,(H,23,27)(H,25,26). The highest BCUT2D eigenvalue weighted by Gasteiger charge is 2.09. The van der Waals surface area contributed by atoms with Crippen LogP contribution in [0, 0.1) is 17.5 Å². The van der Waals surface area contributed by atoms with Gasteiger partial charge in [0.15, 0.2) is 0 Å². The van der Waals surface area contributed by atoms with Crippen molar-refractivity contribution in [3.63, 3.8) is 0 Å². The van der Waals surface area contributed by atoms with Gasteiger partial charge in [-0.15, -0.1) is 0 Å². The second-order valence-corrected chi connectivity index (χ2v) is 5.67. The van der Waals surface area contributed by atoms with Gasteiger partial charge in [-0.2, -0.15) is 0 Å². The van der Waals surface area contributed by atoms with Gasteiger partial charge in [0.05, 0.1) is 18.1 Å². The van der Waals surface area contributed by atoms with Crippen LogP contribution in [0.4, 0.5) is 24.7 Å². The summed E-state index contributed by atoms with van der Waals surface area (Å²) in [6.45, 7) is 0.354. The molecule has 0 radical (unpaired) electrons. The first-order valence-electron chi connectivity index (χ1n) is 8.08. The molecule has 0 atom stereocenters. The van der Waals surface area contributed by atoms with Gasteiger partial charge in [-0.3, -0.25) is 4.79 Å². The number of aromatic nitrogens is 2. The van der Waals surface area contributed by atoms with Gasteiger partial charge >= 0.3 is 0 Å². The monoisotopic (exact) mass is 372 g/mol. The Morgan fingerprint density at radius 1 is 0.926 bits per heavy atom. The minimum absolute atomic E-state index is 0.0437. The summed E-state index contributed by atoms with van der Waals surface area (Å²) in [6, 6.07) is 9.12. The number of nitrogens with zero attached hydrogens (tertiary/aromatic N) is 2. The zero-order valence-electron chi connectivity index (χ0n) is 14.0. The van der Waals surface area contributed by atoms with E-state index in [2.05, 4.69) is 20.6 Å². The lowest BCUT2D eigenvalue weighted by molar-refractivity contribution is 0.0949. The number of benzene rings is 2. The lowest BCUT2D eigenvalue weighted by atomic mass is 10.1. The van der Waals surface area contributed by atoms with Crippen molar-refractivity contribution >= 4 is 17.4 Å². The summed E-state index contributed by atoms with van der Waals surface area (Å²) >= 11 is 0. The number of hydrogen-bond acceptors (Lipinski definition) is 4. The van der Waals surface area contributed by atoms with E-state index >= 15 is 0 Å². The molecule has 0 bridgehead atoms. The molecule has 0 saturated carbocycles. The Kier molecular flexibility index (Phi) is 5.65. The minimum atomic E-state index is -0.764. The van der Waals surface area contributed by atoms with Crippen molar-refractivity contribution < 1.29 is 18.0 Å². The maximum Gasteiger partial charge on any atom is 0.271 e. The summed E-state index contributed by atoms with van der Waals surface area (Å²) in [5.41, 5.74) is 1.03. The summed E-state index contributed by atoms with van der Waals surface area (Å²) < 4.78 is 39.3. The van der Waals surface area contributed by atoms with Crippen LogP contribution in [0.2, 0.25) is 0 Å². The average molecular weight is 372 g/mol. The number of hydrogen-bond donors (Lipinski definition) is 2. The number of halogens is 3. The molecule has 1 heterocycles. The Hall–Kier alpha value is -3.42. The first-order valence-corrected chi connectivity index (χ1v) is 8.08. The predicted molar refractivity (Wildman–Crippen MR) is 94.1 cm³/mol. The van der Waals surface area contributed by atoms with E-state index in [0.717, 1.165) is 17.7 Å². The van der Waals surface area contributed by atoms with Crippen molar-refractivity contribution in [1.82, 2.24) is 15.3 Å². The van der Waals surface area contributed by atoms with Crippen LogP contribution in [-0.2, 0) is 6.42 Å². The summed E-state index contributed by atoms with van der Waals surface area (Å²) in [4.78, 5) is 20.0. The highest BCUT2D eigenvalue weighted by molar-refractivity contribution is 5.92. The van der Waals surface area contributed by atoms with Gasteiger partial charge < -0.3 is 10.6 Å². The molecule has 1 aromatic heterocycles. The average Bonchev–Trinajstić information content (AvgIpc) is 2.66. The largest absolute Gasteiger partial charge is 0.350 e. The smallest absolute Gasteiger partial charge is 0.271 e. The third-order valence-corrected chi connectivity index (χ3v) is 3.69. The van der Waals surface area contributed by atoms with Crippen molar-refractivity contribution in [2.24, 2.45) is 0 Å². The molecule has 0 saturated heterocycles. The highest BCUT2D eigenvalue weighted by atomic mass is 19.1. The highest BCUT2D eigenvalue weighted by Crippen LogP contribution is 2.18. The van der Waals surface area contributed by atoms with Crippen molar-refractivity contribution in [3.8, 4) is 0 Å². The Bertz CT molecular complexity index is 931. The Balaban J connectivity index is 1.54. The molecule has 0 fully saturated rings. The third-order valence-electron chi connectivity index (χ3n) is 3.69. The summed E-state index contributed by atoms with van der Waals surface area (Å²) in [5.74, 6) is -1.96. The fourth-order valence-corrected chi connectivity index (χ4v) is 2.30. The molecule has 8 heteroatoms. The SMILES string of the molecule is O=C(NCCc1ccc(F)cc1)c1cnc(Nc2ccc(F)cc2F)cn1. The molecule has 5 nitrogen and oxygen atoms in total. The van der Waals surface area contributed by atoms with E-state index < -0.39 is 17.5 Å². The molecule has 2 N–H and O–H groups in total. The second kappa shape index (κ2) is 8.31. The van der Waals surface area contributed by atoms with Crippen LogP contribution in [0.25, 0.3) is 0 Å². The normalized spacial score (nSPS) is 10.5. The lowest BCUT2D eigenvalue weighted by Gasteiger charge is -2.08. The van der Waals surface area contributed by atoms with E-state index in [4.69, 9.17) is 0 Å². The number of nitrogens with one attached hydrogen (secondary N) is 2. The maximum atomic E-state index is 13.6. The van der Waals surface area contributed by atoms with Crippen LogP contribution in [0.3, 0.4) is 0 Å². The minimum Gasteiger partial charge on any atom is -0.350 e. The van der Waals surface area contributed by atoms with Crippen LogP contribution in [0.5, 0.6) is 0 Å². The molecular weight excluding hydrogens is 357 g/mol. The van der Waals surface area contributed by atoms with Crippen LogP contribution >= 0.6 is 0 Å². The fraction of sp³-hybridized carbons (Fsp3) is 0.105. The molecule has 138 valence electrons. The third kappa shape index (κ3) is 5.04. The number of carbonyl (C=O) groups excluding carboxylic acids is 1. The van der Waals surface area contributed by atoms with Crippen molar-refractivity contribution in [2.75, 3.05) is 11.9 Å². The van der Waals surface area contributed by atoms with Gasteiger partial charge in [0.1, 0.15) is 29.0 Å². The van der Waals surface area contributed by atoms with Gasteiger partial charge in [0, 0.05) is 12.6 Å². The molecule has 3 rings (SSSR count). The van der Waals surface area contributed by atoms with E-state index in [0.29, 0.717) is 13.0 Å². The number of rotatable bonds is 6. The van der Waals surface area contributed by atoms with Crippen molar-refractivity contribution in [3.05, 3.63) is 83.6 Å². The molecule has 0 aliphatic carbocycles. The molecule has 0 spiro atoms. The summed E-state index contributed by atoms with van der Waals surface area (Å²) in [7, 11) is 0. The van der Waals surface area contributed by atoms with Gasteiger partial charge in [-0.1, -0.05) is 12.1 Å². The Morgan fingerprint density at radius 3 is 2.33 bits per heavy atom. The van der Waals surface area contributed by atoms with Crippen LogP contribution in [0.15, 0.2) is 54.9 Å². The number of amides is 1. The van der Waals surface area contributed by atoms with Gasteiger partial charge in [-0.05, 0) is 36.2 Å². The fourth-order valence-electron chi connectivity index (χ4n) is 2.30. The lowest BCUT2D eigenvalue weighted by Crippen LogP contribution is -2.26.